The topological polar surface area (TPSA) is 122 Å². The van der Waals surface area contributed by atoms with Crippen molar-refractivity contribution in [2.24, 2.45) is 0 Å². The van der Waals surface area contributed by atoms with Gasteiger partial charge in [0.25, 0.3) is 0 Å². The second-order valence-electron chi connectivity index (χ2n) is 8.39. The number of unbranched alkanes of at least 4 members (excludes halogenated alkanes) is 1. The summed E-state index contributed by atoms with van der Waals surface area (Å²) in [5, 5.41) is 10.4. The van der Waals surface area contributed by atoms with E-state index in [1.54, 1.807) is 24.3 Å². The normalized spacial score (nSPS) is 10.7. The van der Waals surface area contributed by atoms with E-state index in [0.29, 0.717) is 28.9 Å². The number of benzene rings is 2. The fraction of sp³-hybridized carbons (Fsp3) is 0.300. The van der Waals surface area contributed by atoms with Gasteiger partial charge >= 0.3 is 17.6 Å². The first-order chi connectivity index (χ1) is 18.7. The van der Waals surface area contributed by atoms with Crippen molar-refractivity contribution in [3.63, 3.8) is 0 Å². The lowest BCUT2D eigenvalue weighted by Gasteiger charge is -2.13. The van der Waals surface area contributed by atoms with E-state index in [0.717, 1.165) is 29.4 Å². The van der Waals surface area contributed by atoms with Crippen LogP contribution < -0.4 is 10.4 Å². The SMILES string of the molecule is C=C(OC)C(=O)OC.CCCCc1c(C)c2ccc(OCc3ccccc3/C(=C\OC)C(=O)O)cc2oc1=O. The molecule has 0 aliphatic heterocycles. The number of hydrogen-bond donors (Lipinski definition) is 1. The third kappa shape index (κ3) is 8.23. The van der Waals surface area contributed by atoms with E-state index in [1.165, 1.54) is 27.6 Å². The number of rotatable bonds is 11. The molecule has 0 aliphatic rings. The van der Waals surface area contributed by atoms with E-state index in [9.17, 15) is 19.5 Å². The van der Waals surface area contributed by atoms with Crippen molar-refractivity contribution in [1.82, 2.24) is 0 Å². The Morgan fingerprint density at radius 3 is 2.38 bits per heavy atom. The Hall–Kier alpha value is -4.53. The maximum absolute atomic E-state index is 12.4. The van der Waals surface area contributed by atoms with Crippen molar-refractivity contribution in [3.05, 3.63) is 93.7 Å². The lowest BCUT2D eigenvalue weighted by molar-refractivity contribution is -0.139. The molecule has 0 spiro atoms. The fourth-order valence-electron chi connectivity index (χ4n) is 3.72. The molecule has 0 atom stereocenters. The predicted octanol–water partition coefficient (Wildman–Crippen LogP) is 5.41. The third-order valence-electron chi connectivity index (χ3n) is 5.87. The summed E-state index contributed by atoms with van der Waals surface area (Å²) in [6, 6.07) is 12.5. The van der Waals surface area contributed by atoms with Crippen LogP contribution in [0.4, 0.5) is 0 Å². The van der Waals surface area contributed by atoms with Gasteiger partial charge in [-0.3, -0.25) is 0 Å². The van der Waals surface area contributed by atoms with Gasteiger partial charge in [0.2, 0.25) is 0 Å². The monoisotopic (exact) mass is 538 g/mol. The average molecular weight is 539 g/mol. The summed E-state index contributed by atoms with van der Waals surface area (Å²) in [6.07, 6.45) is 3.85. The summed E-state index contributed by atoms with van der Waals surface area (Å²) in [7, 11) is 4.03. The molecule has 9 heteroatoms. The predicted molar refractivity (Wildman–Crippen MR) is 147 cm³/mol. The Morgan fingerprint density at radius 2 is 1.79 bits per heavy atom. The first-order valence-corrected chi connectivity index (χ1v) is 12.2. The second-order valence-corrected chi connectivity index (χ2v) is 8.39. The second kappa shape index (κ2) is 15.0. The molecule has 0 fully saturated rings. The van der Waals surface area contributed by atoms with Crippen molar-refractivity contribution in [3.8, 4) is 5.75 Å². The maximum Gasteiger partial charge on any atom is 0.372 e. The van der Waals surface area contributed by atoms with Gasteiger partial charge in [-0.1, -0.05) is 37.6 Å². The van der Waals surface area contributed by atoms with Gasteiger partial charge in [0.05, 0.1) is 27.6 Å². The summed E-state index contributed by atoms with van der Waals surface area (Å²) in [5.74, 6) is -1.07. The maximum atomic E-state index is 12.4. The molecule has 1 heterocycles. The van der Waals surface area contributed by atoms with Crippen LogP contribution in [0.1, 0.15) is 42.0 Å². The van der Waals surface area contributed by atoms with Crippen LogP contribution in [0.15, 0.2) is 70.3 Å². The zero-order valence-corrected chi connectivity index (χ0v) is 22.9. The van der Waals surface area contributed by atoms with Crippen molar-refractivity contribution < 1.29 is 38.1 Å². The average Bonchev–Trinajstić information content (AvgIpc) is 2.94. The highest BCUT2D eigenvalue weighted by Gasteiger charge is 2.16. The smallest absolute Gasteiger partial charge is 0.372 e. The highest BCUT2D eigenvalue weighted by atomic mass is 16.6. The van der Waals surface area contributed by atoms with Crippen LogP contribution in [0.3, 0.4) is 0 Å². The van der Waals surface area contributed by atoms with E-state index in [-0.39, 0.29) is 23.6 Å². The van der Waals surface area contributed by atoms with Gasteiger partial charge in [0.15, 0.2) is 5.76 Å². The number of carboxylic acid groups (broad SMARTS) is 1. The van der Waals surface area contributed by atoms with Crippen LogP contribution in [0.5, 0.6) is 5.75 Å². The zero-order valence-electron chi connectivity index (χ0n) is 22.9. The molecule has 3 aromatic rings. The van der Waals surface area contributed by atoms with Gasteiger partial charge in [0.1, 0.15) is 23.5 Å². The number of carboxylic acids is 1. The first kappa shape index (κ1) is 30.7. The summed E-state index contributed by atoms with van der Waals surface area (Å²) < 4.78 is 25.0. The van der Waals surface area contributed by atoms with E-state index in [1.807, 2.05) is 25.1 Å². The highest BCUT2D eigenvalue weighted by Crippen LogP contribution is 2.27. The van der Waals surface area contributed by atoms with Gasteiger partial charge in [-0.2, -0.15) is 0 Å². The van der Waals surface area contributed by atoms with Gasteiger partial charge in [-0.25, -0.2) is 14.4 Å². The van der Waals surface area contributed by atoms with Crippen molar-refractivity contribution >= 4 is 28.5 Å². The molecule has 0 amide bonds. The molecule has 0 aliphatic carbocycles. The summed E-state index contributed by atoms with van der Waals surface area (Å²) in [5.41, 5.74) is 3.08. The van der Waals surface area contributed by atoms with Crippen LogP contribution in [-0.4, -0.2) is 38.4 Å². The number of methoxy groups -OCH3 is 3. The Labute approximate surface area is 227 Å². The molecule has 0 unspecified atom stereocenters. The Morgan fingerprint density at radius 1 is 1.08 bits per heavy atom. The highest BCUT2D eigenvalue weighted by molar-refractivity contribution is 6.15. The minimum absolute atomic E-state index is 0.0208. The number of fused-ring (bicyclic) bond motifs is 1. The van der Waals surface area contributed by atoms with Gasteiger partial charge in [-0.15, -0.1) is 0 Å². The number of ether oxygens (including phenoxy) is 4. The first-order valence-electron chi connectivity index (χ1n) is 12.2. The molecule has 0 bridgehead atoms. The zero-order chi connectivity index (χ0) is 28.9. The number of aliphatic carboxylic acids is 1. The molecule has 39 heavy (non-hydrogen) atoms. The summed E-state index contributed by atoms with van der Waals surface area (Å²) in [4.78, 5) is 34.3. The molecule has 1 N–H and O–H groups in total. The van der Waals surface area contributed by atoms with Gasteiger partial charge in [-0.05, 0) is 55.2 Å². The molecule has 1 aromatic heterocycles. The number of carbonyl (C=O) groups is 2. The standard InChI is InChI=1S/C25H26O6.C5H8O3/c1-4-5-9-20-16(2)19-12-11-18(13-23(19)31-25(20)28)30-14-17-8-6-7-10-21(17)22(15-29-3)24(26)27;1-4(7-2)5(6)8-3/h6-8,10-13,15H,4-5,9,14H2,1-3H3,(H,26,27);1H2,2-3H3/b22-15+;. The molecule has 0 radical (unpaired) electrons. The van der Waals surface area contributed by atoms with Crippen molar-refractivity contribution in [2.75, 3.05) is 21.3 Å². The third-order valence-corrected chi connectivity index (χ3v) is 5.87. The van der Waals surface area contributed by atoms with Crippen LogP contribution in [0.25, 0.3) is 16.5 Å². The number of hydrogen-bond acceptors (Lipinski definition) is 8. The molecular weight excluding hydrogens is 504 g/mol. The van der Waals surface area contributed by atoms with E-state index in [2.05, 4.69) is 23.0 Å². The fourth-order valence-corrected chi connectivity index (χ4v) is 3.72. The molecule has 208 valence electrons. The largest absolute Gasteiger partial charge is 0.503 e. The Bertz CT molecular complexity index is 1390. The van der Waals surface area contributed by atoms with Crippen LogP contribution in [0.2, 0.25) is 0 Å². The van der Waals surface area contributed by atoms with Crippen molar-refractivity contribution in [2.45, 2.75) is 39.7 Å². The van der Waals surface area contributed by atoms with Crippen LogP contribution >= 0.6 is 0 Å². The number of aryl methyl sites for hydroxylation is 1. The summed E-state index contributed by atoms with van der Waals surface area (Å²) in [6.45, 7) is 7.42. The van der Waals surface area contributed by atoms with Crippen LogP contribution in [-0.2, 0) is 36.8 Å². The van der Waals surface area contributed by atoms with E-state index in [4.69, 9.17) is 13.9 Å². The molecule has 0 saturated heterocycles. The van der Waals surface area contributed by atoms with Gasteiger partial charge in [0, 0.05) is 17.0 Å². The number of esters is 1. The van der Waals surface area contributed by atoms with Crippen molar-refractivity contribution in [1.29, 1.82) is 0 Å². The van der Waals surface area contributed by atoms with E-state index < -0.39 is 11.9 Å². The molecule has 3 rings (SSSR count). The van der Waals surface area contributed by atoms with Crippen LogP contribution in [0, 0.1) is 6.92 Å². The minimum Gasteiger partial charge on any atom is -0.503 e. The molecule has 9 nitrogen and oxygen atoms in total. The molecule has 0 saturated carbocycles. The number of carbonyl (C=O) groups excluding carboxylic acids is 1. The lowest BCUT2D eigenvalue weighted by atomic mass is 10.0. The Kier molecular flexibility index (Phi) is 11.8. The Balaban J connectivity index is 0.000000580. The lowest BCUT2D eigenvalue weighted by Crippen LogP contribution is -2.10. The van der Waals surface area contributed by atoms with Gasteiger partial charge < -0.3 is 28.5 Å². The van der Waals surface area contributed by atoms with E-state index >= 15 is 0 Å². The summed E-state index contributed by atoms with van der Waals surface area (Å²) >= 11 is 0. The minimum atomic E-state index is -1.09. The quantitative estimate of drug-likeness (QED) is 0.148. The molecule has 2 aromatic carbocycles. The molecular formula is C30H34O9.